The van der Waals surface area contributed by atoms with Crippen molar-refractivity contribution in [1.29, 1.82) is 0 Å². The van der Waals surface area contributed by atoms with Gasteiger partial charge < -0.3 is 0 Å². The van der Waals surface area contributed by atoms with E-state index in [9.17, 15) is 8.42 Å². The smallest absolute Gasteiger partial charge is 0.265 e. The molecule has 4 nitrogen and oxygen atoms in total. The zero-order chi connectivity index (χ0) is 11.6. The highest BCUT2D eigenvalue weighted by atomic mass is 32.2. The summed E-state index contributed by atoms with van der Waals surface area (Å²) in [4.78, 5) is 4.30. The number of fused-ring (bicyclic) bond motifs is 1. The van der Waals surface area contributed by atoms with Crippen LogP contribution in [0.25, 0.3) is 10.9 Å². The molecule has 0 aliphatic heterocycles. The molecule has 16 heavy (non-hydrogen) atoms. The molecule has 84 valence electrons. The van der Waals surface area contributed by atoms with Gasteiger partial charge in [0.15, 0.2) is 0 Å². The maximum absolute atomic E-state index is 10.6. The average Bonchev–Trinajstić information content (AvgIpc) is 2.25. The molecular weight excluding hydrogens is 226 g/mol. The highest BCUT2D eigenvalue weighted by Gasteiger charge is 2.06. The van der Waals surface area contributed by atoms with Gasteiger partial charge in [0, 0.05) is 17.5 Å². The van der Waals surface area contributed by atoms with Gasteiger partial charge in [0.1, 0.15) is 0 Å². The third kappa shape index (κ3) is 2.77. The van der Waals surface area contributed by atoms with Crippen LogP contribution in [0.15, 0.2) is 36.4 Å². The Morgan fingerprint density at radius 1 is 1.12 bits per heavy atom. The van der Waals surface area contributed by atoms with Crippen molar-refractivity contribution in [2.24, 2.45) is 0 Å². The van der Waals surface area contributed by atoms with E-state index in [1.54, 1.807) is 6.07 Å². The van der Waals surface area contributed by atoms with Crippen molar-refractivity contribution in [3.05, 3.63) is 42.1 Å². The zero-order valence-electron chi connectivity index (χ0n) is 8.50. The van der Waals surface area contributed by atoms with Crippen LogP contribution < -0.4 is 0 Å². The lowest BCUT2D eigenvalue weighted by Crippen LogP contribution is -2.07. The fourth-order valence-corrected chi connectivity index (χ4v) is 1.95. The van der Waals surface area contributed by atoms with Crippen LogP contribution in [-0.2, 0) is 16.5 Å². The second-order valence-corrected chi connectivity index (χ2v) is 5.10. The van der Waals surface area contributed by atoms with E-state index in [4.69, 9.17) is 4.55 Å². The summed E-state index contributed by atoms with van der Waals surface area (Å²) in [6.07, 6.45) is 0.226. The number of hydrogen-bond donors (Lipinski definition) is 1. The lowest BCUT2D eigenvalue weighted by atomic mass is 10.2. The van der Waals surface area contributed by atoms with Gasteiger partial charge in [-0.15, -0.1) is 0 Å². The Morgan fingerprint density at radius 3 is 2.62 bits per heavy atom. The second-order valence-electron chi connectivity index (χ2n) is 3.53. The number of nitrogens with zero attached hydrogens (tertiary/aromatic N) is 1. The number of benzene rings is 1. The lowest BCUT2D eigenvalue weighted by Gasteiger charge is -2.01. The van der Waals surface area contributed by atoms with E-state index in [-0.39, 0.29) is 12.2 Å². The topological polar surface area (TPSA) is 67.3 Å². The Bertz CT molecular complexity index is 607. The molecule has 5 heteroatoms. The number of hydrogen-bond acceptors (Lipinski definition) is 3. The molecule has 2 aromatic rings. The molecule has 0 bridgehead atoms. The van der Waals surface area contributed by atoms with Crippen LogP contribution in [0, 0.1) is 0 Å². The molecule has 1 aromatic carbocycles. The van der Waals surface area contributed by atoms with Crippen molar-refractivity contribution in [3.63, 3.8) is 0 Å². The Balaban J connectivity index is 2.26. The Labute approximate surface area is 93.7 Å². The molecule has 0 unspecified atom stereocenters. The van der Waals surface area contributed by atoms with E-state index in [1.165, 1.54) is 0 Å². The van der Waals surface area contributed by atoms with Gasteiger partial charge in [-0.25, -0.2) is 0 Å². The number of rotatable bonds is 3. The summed E-state index contributed by atoms with van der Waals surface area (Å²) in [5, 5.41) is 1.01. The summed E-state index contributed by atoms with van der Waals surface area (Å²) >= 11 is 0. The van der Waals surface area contributed by atoms with Crippen molar-refractivity contribution in [2.45, 2.75) is 6.42 Å². The van der Waals surface area contributed by atoms with Crippen molar-refractivity contribution in [3.8, 4) is 0 Å². The maximum Gasteiger partial charge on any atom is 0.265 e. The van der Waals surface area contributed by atoms with E-state index < -0.39 is 10.1 Å². The summed E-state index contributed by atoms with van der Waals surface area (Å²) in [6.45, 7) is 0. The predicted octanol–water partition coefficient (Wildman–Crippen LogP) is 1.67. The Morgan fingerprint density at radius 2 is 1.88 bits per heavy atom. The van der Waals surface area contributed by atoms with Gasteiger partial charge in [-0.3, -0.25) is 9.54 Å². The number of aromatic nitrogens is 1. The SMILES string of the molecule is O=S(=O)(O)CCc1ccc2ccccc2n1. The Hall–Kier alpha value is -1.46. The largest absolute Gasteiger partial charge is 0.286 e. The van der Waals surface area contributed by atoms with Crippen LogP contribution in [0.4, 0.5) is 0 Å². The highest BCUT2D eigenvalue weighted by Crippen LogP contribution is 2.12. The molecule has 2 rings (SSSR count). The second kappa shape index (κ2) is 4.19. The first-order valence-corrected chi connectivity index (χ1v) is 6.45. The molecule has 0 aliphatic carbocycles. The first-order valence-electron chi connectivity index (χ1n) is 4.84. The fraction of sp³-hybridized carbons (Fsp3) is 0.182. The standard InChI is InChI=1S/C11H11NO3S/c13-16(14,15)8-7-10-6-5-9-3-1-2-4-11(9)12-10/h1-6H,7-8H2,(H,13,14,15). The van der Waals surface area contributed by atoms with Crippen molar-refractivity contribution < 1.29 is 13.0 Å². The van der Waals surface area contributed by atoms with Crippen LogP contribution in [0.3, 0.4) is 0 Å². The van der Waals surface area contributed by atoms with E-state index in [0.29, 0.717) is 5.69 Å². The van der Waals surface area contributed by atoms with E-state index in [0.717, 1.165) is 10.9 Å². The minimum Gasteiger partial charge on any atom is -0.286 e. The molecule has 1 heterocycles. The molecule has 0 atom stereocenters. The minimum absolute atomic E-state index is 0.226. The first-order chi connectivity index (χ1) is 7.54. The van der Waals surface area contributed by atoms with E-state index >= 15 is 0 Å². The lowest BCUT2D eigenvalue weighted by molar-refractivity contribution is 0.482. The predicted molar refractivity (Wildman–Crippen MR) is 61.9 cm³/mol. The summed E-state index contributed by atoms with van der Waals surface area (Å²) in [5.41, 5.74) is 1.49. The third-order valence-electron chi connectivity index (χ3n) is 2.27. The molecular formula is C11H11NO3S. The fourth-order valence-electron chi connectivity index (χ4n) is 1.48. The molecule has 0 radical (unpaired) electrons. The average molecular weight is 237 g/mol. The molecule has 1 N–H and O–H groups in total. The minimum atomic E-state index is -3.92. The molecule has 0 spiro atoms. The third-order valence-corrected chi connectivity index (χ3v) is 2.99. The number of para-hydroxylation sites is 1. The maximum atomic E-state index is 10.6. The van der Waals surface area contributed by atoms with Gasteiger partial charge in [0.05, 0.1) is 11.3 Å². The normalized spacial score (nSPS) is 11.8. The van der Waals surface area contributed by atoms with Gasteiger partial charge in [0.25, 0.3) is 10.1 Å². The summed E-state index contributed by atoms with van der Waals surface area (Å²) in [7, 11) is -3.92. The van der Waals surface area contributed by atoms with Gasteiger partial charge in [0.2, 0.25) is 0 Å². The molecule has 0 saturated carbocycles. The molecule has 0 fully saturated rings. The quantitative estimate of drug-likeness (QED) is 0.824. The number of aryl methyl sites for hydroxylation is 1. The van der Waals surface area contributed by atoms with Crippen LogP contribution in [0.1, 0.15) is 5.69 Å². The van der Waals surface area contributed by atoms with Gasteiger partial charge in [-0.05, 0) is 12.1 Å². The first kappa shape index (κ1) is 11.0. The van der Waals surface area contributed by atoms with Crippen molar-refractivity contribution >= 4 is 21.0 Å². The monoisotopic (exact) mass is 237 g/mol. The van der Waals surface area contributed by atoms with Crippen molar-refractivity contribution in [2.75, 3.05) is 5.75 Å². The van der Waals surface area contributed by atoms with Gasteiger partial charge in [-0.2, -0.15) is 8.42 Å². The summed E-state index contributed by atoms with van der Waals surface area (Å²) < 4.78 is 29.8. The van der Waals surface area contributed by atoms with Gasteiger partial charge in [-0.1, -0.05) is 24.3 Å². The number of pyridine rings is 1. The van der Waals surface area contributed by atoms with Crippen LogP contribution in [-0.4, -0.2) is 23.7 Å². The zero-order valence-corrected chi connectivity index (χ0v) is 9.31. The summed E-state index contributed by atoms with van der Waals surface area (Å²) in [6, 6.07) is 11.3. The van der Waals surface area contributed by atoms with E-state index in [1.807, 2.05) is 30.3 Å². The summed E-state index contributed by atoms with van der Waals surface area (Å²) in [5.74, 6) is -0.293. The highest BCUT2D eigenvalue weighted by molar-refractivity contribution is 7.85. The van der Waals surface area contributed by atoms with E-state index in [2.05, 4.69) is 4.98 Å². The molecule has 0 aliphatic rings. The van der Waals surface area contributed by atoms with Crippen LogP contribution in [0.5, 0.6) is 0 Å². The molecule has 0 saturated heterocycles. The van der Waals surface area contributed by atoms with Crippen LogP contribution >= 0.6 is 0 Å². The van der Waals surface area contributed by atoms with Crippen LogP contribution in [0.2, 0.25) is 0 Å². The van der Waals surface area contributed by atoms with Crippen molar-refractivity contribution in [1.82, 2.24) is 4.98 Å². The molecule has 1 aromatic heterocycles. The molecule has 0 amide bonds. The van der Waals surface area contributed by atoms with Gasteiger partial charge >= 0.3 is 0 Å². The Kier molecular flexibility index (Phi) is 2.89.